The van der Waals surface area contributed by atoms with E-state index >= 15 is 0 Å². The molecule has 0 aromatic carbocycles. The first-order valence-electron chi connectivity index (χ1n) is 5.70. The Labute approximate surface area is 99.5 Å². The number of rotatable bonds is 6. The fraction of sp³-hybridized carbons (Fsp3) is 0.545. The Kier molecular flexibility index (Phi) is 3.93. The molecule has 0 fully saturated rings. The quantitative estimate of drug-likeness (QED) is 0.597. The predicted octanol–water partition coefficient (Wildman–Crippen LogP) is 1.96. The molecule has 0 spiro atoms. The summed E-state index contributed by atoms with van der Waals surface area (Å²) in [5.74, 6) is 5.55. The zero-order chi connectivity index (χ0) is 11.4. The average Bonchev–Trinajstić information content (AvgIpc) is 2.84. The van der Waals surface area contributed by atoms with E-state index in [1.807, 2.05) is 11.6 Å². The van der Waals surface area contributed by atoms with Crippen LogP contribution in [0.25, 0.3) is 4.96 Å². The van der Waals surface area contributed by atoms with E-state index in [1.54, 1.807) is 11.3 Å². The van der Waals surface area contributed by atoms with Gasteiger partial charge in [-0.3, -0.25) is 15.7 Å². The van der Waals surface area contributed by atoms with Crippen molar-refractivity contribution in [1.29, 1.82) is 0 Å². The Balaban J connectivity index is 1.99. The standard InChI is InChI=1S/C11H18N4S/c1-2-3-4-9(14-12)7-10-8-15-5-6-16-11(15)13-10/h5-6,8-9,14H,2-4,7,12H2,1H3. The third-order valence-corrected chi connectivity index (χ3v) is 3.51. The van der Waals surface area contributed by atoms with Crippen molar-refractivity contribution in [3.05, 3.63) is 23.5 Å². The molecule has 0 amide bonds. The summed E-state index contributed by atoms with van der Waals surface area (Å²) in [7, 11) is 0. The fourth-order valence-electron chi connectivity index (χ4n) is 1.82. The van der Waals surface area contributed by atoms with E-state index in [4.69, 9.17) is 5.84 Å². The van der Waals surface area contributed by atoms with E-state index in [9.17, 15) is 0 Å². The van der Waals surface area contributed by atoms with Crippen molar-refractivity contribution in [2.75, 3.05) is 0 Å². The van der Waals surface area contributed by atoms with Crippen LogP contribution in [-0.2, 0) is 6.42 Å². The Morgan fingerprint density at radius 2 is 2.50 bits per heavy atom. The van der Waals surface area contributed by atoms with Crippen molar-refractivity contribution in [3.8, 4) is 0 Å². The predicted molar refractivity (Wildman–Crippen MR) is 67.4 cm³/mol. The molecule has 2 aromatic heterocycles. The molecule has 2 rings (SSSR count). The van der Waals surface area contributed by atoms with Crippen molar-refractivity contribution >= 4 is 16.3 Å². The molecule has 0 radical (unpaired) electrons. The van der Waals surface area contributed by atoms with Crippen molar-refractivity contribution in [3.63, 3.8) is 0 Å². The Bertz CT molecular complexity index is 405. The molecular weight excluding hydrogens is 220 g/mol. The van der Waals surface area contributed by atoms with Gasteiger partial charge in [0, 0.05) is 30.2 Å². The van der Waals surface area contributed by atoms with Gasteiger partial charge in [0.05, 0.1) is 5.69 Å². The summed E-state index contributed by atoms with van der Waals surface area (Å²) in [4.78, 5) is 5.61. The van der Waals surface area contributed by atoms with Gasteiger partial charge in [-0.15, -0.1) is 11.3 Å². The molecule has 0 saturated carbocycles. The lowest BCUT2D eigenvalue weighted by atomic mass is 10.1. The molecule has 0 aliphatic carbocycles. The minimum atomic E-state index is 0.338. The first kappa shape index (κ1) is 11.6. The molecule has 1 atom stereocenters. The zero-order valence-corrected chi connectivity index (χ0v) is 10.3. The van der Waals surface area contributed by atoms with Crippen molar-refractivity contribution in [2.45, 2.75) is 38.6 Å². The highest BCUT2D eigenvalue weighted by Gasteiger charge is 2.10. The number of hydrazine groups is 1. The van der Waals surface area contributed by atoms with Crippen LogP contribution in [0.15, 0.2) is 17.8 Å². The minimum Gasteiger partial charge on any atom is -0.297 e. The molecule has 0 aliphatic rings. The highest BCUT2D eigenvalue weighted by molar-refractivity contribution is 7.15. The van der Waals surface area contributed by atoms with Gasteiger partial charge in [-0.2, -0.15) is 0 Å². The number of imidazole rings is 1. The SMILES string of the molecule is CCCCC(Cc1cn2ccsc2n1)NN. The molecule has 0 aliphatic heterocycles. The van der Waals surface area contributed by atoms with Crippen LogP contribution in [-0.4, -0.2) is 15.4 Å². The third-order valence-electron chi connectivity index (χ3n) is 2.74. The smallest absolute Gasteiger partial charge is 0.193 e. The molecule has 16 heavy (non-hydrogen) atoms. The summed E-state index contributed by atoms with van der Waals surface area (Å²) in [6.07, 6.45) is 8.55. The van der Waals surface area contributed by atoms with Crippen LogP contribution in [0.4, 0.5) is 0 Å². The number of hydrogen-bond acceptors (Lipinski definition) is 4. The maximum atomic E-state index is 5.55. The van der Waals surface area contributed by atoms with E-state index in [2.05, 4.69) is 27.9 Å². The number of hydrogen-bond donors (Lipinski definition) is 2. The summed E-state index contributed by atoms with van der Waals surface area (Å²) in [5.41, 5.74) is 3.99. The molecule has 2 aromatic rings. The fourth-order valence-corrected chi connectivity index (χ4v) is 2.54. The molecule has 3 N–H and O–H groups in total. The lowest BCUT2D eigenvalue weighted by Crippen LogP contribution is -2.36. The minimum absolute atomic E-state index is 0.338. The molecular formula is C11H18N4S. The third kappa shape index (κ3) is 2.61. The number of nitrogens with two attached hydrogens (primary N) is 1. The van der Waals surface area contributed by atoms with Gasteiger partial charge in [0.1, 0.15) is 0 Å². The molecule has 0 saturated heterocycles. The highest BCUT2D eigenvalue weighted by Crippen LogP contribution is 2.13. The van der Waals surface area contributed by atoms with E-state index in [0.717, 1.165) is 23.5 Å². The second kappa shape index (κ2) is 5.43. The number of thiazole rings is 1. The zero-order valence-electron chi connectivity index (χ0n) is 9.52. The first-order valence-corrected chi connectivity index (χ1v) is 6.58. The molecule has 0 bridgehead atoms. The monoisotopic (exact) mass is 238 g/mol. The van der Waals surface area contributed by atoms with Gasteiger partial charge in [-0.05, 0) is 6.42 Å². The van der Waals surface area contributed by atoms with E-state index < -0.39 is 0 Å². The van der Waals surface area contributed by atoms with Crippen molar-refractivity contribution < 1.29 is 0 Å². The van der Waals surface area contributed by atoms with Gasteiger partial charge in [-0.1, -0.05) is 19.8 Å². The summed E-state index contributed by atoms with van der Waals surface area (Å²) in [6, 6.07) is 0.338. The number of fused-ring (bicyclic) bond motifs is 1. The highest BCUT2D eigenvalue weighted by atomic mass is 32.1. The van der Waals surface area contributed by atoms with E-state index in [0.29, 0.717) is 6.04 Å². The summed E-state index contributed by atoms with van der Waals surface area (Å²) in [5, 5.41) is 2.04. The topological polar surface area (TPSA) is 55.3 Å². The molecule has 88 valence electrons. The van der Waals surface area contributed by atoms with Crippen molar-refractivity contribution in [2.24, 2.45) is 5.84 Å². The number of unbranched alkanes of at least 4 members (excludes halogenated alkanes) is 1. The summed E-state index contributed by atoms with van der Waals surface area (Å²) in [6.45, 7) is 2.19. The Morgan fingerprint density at radius 3 is 3.19 bits per heavy atom. The van der Waals surface area contributed by atoms with E-state index in [-0.39, 0.29) is 0 Å². The largest absolute Gasteiger partial charge is 0.297 e. The van der Waals surface area contributed by atoms with Crippen LogP contribution in [0, 0.1) is 0 Å². The normalized spacial score (nSPS) is 13.4. The number of nitrogens with zero attached hydrogens (tertiary/aromatic N) is 2. The Hall–Kier alpha value is -0.910. The average molecular weight is 238 g/mol. The number of aromatic nitrogens is 2. The van der Waals surface area contributed by atoms with Crippen LogP contribution in [0.2, 0.25) is 0 Å². The van der Waals surface area contributed by atoms with Crippen LogP contribution < -0.4 is 11.3 Å². The second-order valence-electron chi connectivity index (χ2n) is 4.04. The van der Waals surface area contributed by atoms with Gasteiger partial charge < -0.3 is 0 Å². The van der Waals surface area contributed by atoms with Gasteiger partial charge in [-0.25, -0.2) is 4.98 Å². The van der Waals surface area contributed by atoms with Gasteiger partial charge in [0.2, 0.25) is 0 Å². The van der Waals surface area contributed by atoms with Gasteiger partial charge >= 0.3 is 0 Å². The van der Waals surface area contributed by atoms with Crippen molar-refractivity contribution in [1.82, 2.24) is 14.8 Å². The lowest BCUT2D eigenvalue weighted by molar-refractivity contribution is 0.470. The molecule has 4 nitrogen and oxygen atoms in total. The van der Waals surface area contributed by atoms with Crippen LogP contribution in [0.3, 0.4) is 0 Å². The van der Waals surface area contributed by atoms with Gasteiger partial charge in [0.25, 0.3) is 0 Å². The van der Waals surface area contributed by atoms with Crippen LogP contribution in [0.5, 0.6) is 0 Å². The van der Waals surface area contributed by atoms with Crippen LogP contribution in [0.1, 0.15) is 31.9 Å². The summed E-state index contributed by atoms with van der Waals surface area (Å²) < 4.78 is 2.06. The van der Waals surface area contributed by atoms with Crippen LogP contribution >= 0.6 is 11.3 Å². The lowest BCUT2D eigenvalue weighted by Gasteiger charge is -2.13. The second-order valence-corrected chi connectivity index (χ2v) is 4.91. The maximum absolute atomic E-state index is 5.55. The molecule has 1 unspecified atom stereocenters. The maximum Gasteiger partial charge on any atom is 0.193 e. The molecule has 2 heterocycles. The Morgan fingerprint density at radius 1 is 1.62 bits per heavy atom. The summed E-state index contributed by atoms with van der Waals surface area (Å²) >= 11 is 1.66. The number of nitrogens with one attached hydrogen (secondary N) is 1. The van der Waals surface area contributed by atoms with E-state index in [1.165, 1.54) is 12.8 Å². The first-order chi connectivity index (χ1) is 7.83. The van der Waals surface area contributed by atoms with Gasteiger partial charge in [0.15, 0.2) is 4.96 Å². The molecule has 5 heteroatoms.